The zero-order valence-corrected chi connectivity index (χ0v) is 20.4. The number of benzene rings is 2. The number of β-lactam (4-membered cyclic amide) rings is 1. The van der Waals surface area contributed by atoms with Gasteiger partial charge in [0, 0.05) is 22.6 Å². The Balaban J connectivity index is 1.33. The van der Waals surface area contributed by atoms with E-state index < -0.39 is 0 Å². The number of hydrogen-bond donors (Lipinski definition) is 2. The molecule has 3 aromatic rings. The van der Waals surface area contributed by atoms with Crippen molar-refractivity contribution >= 4 is 57.5 Å². The lowest BCUT2D eigenvalue weighted by Crippen LogP contribution is -2.72. The van der Waals surface area contributed by atoms with E-state index in [0.29, 0.717) is 16.2 Å². The van der Waals surface area contributed by atoms with Crippen molar-refractivity contribution in [2.75, 3.05) is 5.32 Å². The highest BCUT2D eigenvalue weighted by Gasteiger charge is 2.49. The molecule has 2 atom stereocenters. The van der Waals surface area contributed by atoms with Gasteiger partial charge in [0.15, 0.2) is 5.11 Å². The Morgan fingerprint density at radius 2 is 1.88 bits per heavy atom. The van der Waals surface area contributed by atoms with Crippen LogP contribution in [0, 0.1) is 0 Å². The first kappa shape index (κ1) is 22.8. The highest BCUT2D eigenvalue weighted by Crippen LogP contribution is 2.33. The molecule has 7 heteroatoms. The third-order valence-corrected chi connectivity index (χ3v) is 7.13. The third-order valence-electron chi connectivity index (χ3n) is 6.68. The second-order valence-electron chi connectivity index (χ2n) is 8.89. The summed E-state index contributed by atoms with van der Waals surface area (Å²) in [7, 11) is 0. The number of thiocarbonyl (C=S) groups is 1. The van der Waals surface area contributed by atoms with Crippen molar-refractivity contribution in [3.63, 3.8) is 0 Å². The van der Waals surface area contributed by atoms with Gasteiger partial charge in [-0.15, -0.1) is 0 Å². The molecular weight excluding hydrogens is 464 g/mol. The van der Waals surface area contributed by atoms with Crippen molar-refractivity contribution < 1.29 is 4.79 Å². The minimum absolute atomic E-state index is 0.0384. The number of carbonyl (C=O) groups is 1. The van der Waals surface area contributed by atoms with E-state index in [1.54, 1.807) is 6.20 Å². The molecule has 0 bridgehead atoms. The van der Waals surface area contributed by atoms with Crippen molar-refractivity contribution in [3.8, 4) is 0 Å². The molecule has 2 fully saturated rings. The predicted molar refractivity (Wildman–Crippen MR) is 143 cm³/mol. The lowest BCUT2D eigenvalue weighted by atomic mass is 9.85. The van der Waals surface area contributed by atoms with Gasteiger partial charge in [0.1, 0.15) is 6.04 Å². The summed E-state index contributed by atoms with van der Waals surface area (Å²) < 4.78 is 0. The highest BCUT2D eigenvalue weighted by molar-refractivity contribution is 7.80. The number of nitrogens with zero attached hydrogens (tertiary/aromatic N) is 2. The number of pyridine rings is 1. The maximum atomic E-state index is 13.2. The van der Waals surface area contributed by atoms with Crippen LogP contribution in [0.25, 0.3) is 17.0 Å². The third kappa shape index (κ3) is 4.79. The van der Waals surface area contributed by atoms with Gasteiger partial charge in [0.2, 0.25) is 5.91 Å². The van der Waals surface area contributed by atoms with E-state index >= 15 is 0 Å². The average Bonchev–Trinajstić information content (AvgIpc) is 2.86. The van der Waals surface area contributed by atoms with Crippen LogP contribution < -0.4 is 10.6 Å². The zero-order valence-electron chi connectivity index (χ0n) is 18.8. The summed E-state index contributed by atoms with van der Waals surface area (Å²) in [4.78, 5) is 19.7. The summed E-state index contributed by atoms with van der Waals surface area (Å²) in [5.41, 5.74) is 2.73. The van der Waals surface area contributed by atoms with Crippen LogP contribution in [0.2, 0.25) is 5.02 Å². The maximum absolute atomic E-state index is 13.2. The number of nitrogens with one attached hydrogen (secondary N) is 2. The maximum Gasteiger partial charge on any atom is 0.248 e. The summed E-state index contributed by atoms with van der Waals surface area (Å²) in [6.45, 7) is 0. The predicted octanol–water partition coefficient (Wildman–Crippen LogP) is 5.80. The van der Waals surface area contributed by atoms with E-state index in [4.69, 9.17) is 23.8 Å². The Morgan fingerprint density at radius 1 is 1.09 bits per heavy atom. The molecule has 5 nitrogen and oxygen atoms in total. The average molecular weight is 491 g/mol. The second-order valence-corrected chi connectivity index (χ2v) is 9.74. The minimum atomic E-state index is -0.385. The highest BCUT2D eigenvalue weighted by atomic mass is 35.5. The number of rotatable bonds is 5. The van der Waals surface area contributed by atoms with Crippen LogP contribution in [0.15, 0.2) is 66.9 Å². The monoisotopic (exact) mass is 490 g/mol. The molecule has 2 aliphatic rings. The Morgan fingerprint density at radius 3 is 2.68 bits per heavy atom. The Hall–Kier alpha value is -2.96. The SMILES string of the molecule is O=C1[C@H](NC(=S)Nc2ccnc3cc(Cl)ccc23)[C@H](/C=C/c2ccccc2)N1C1CCCCC1. The van der Waals surface area contributed by atoms with Gasteiger partial charge in [-0.25, -0.2) is 0 Å². The number of hydrogen-bond acceptors (Lipinski definition) is 3. The first-order valence-corrected chi connectivity index (χ1v) is 12.6. The minimum Gasteiger partial charge on any atom is -0.349 e. The molecule has 1 aromatic heterocycles. The molecule has 0 radical (unpaired) electrons. The Kier molecular flexibility index (Phi) is 6.79. The van der Waals surface area contributed by atoms with E-state index in [-0.39, 0.29) is 18.0 Å². The van der Waals surface area contributed by atoms with Crippen molar-refractivity contribution in [1.29, 1.82) is 0 Å². The molecule has 2 N–H and O–H groups in total. The number of amides is 1. The second kappa shape index (κ2) is 10.1. The lowest BCUT2D eigenvalue weighted by Gasteiger charge is -2.51. The van der Waals surface area contributed by atoms with E-state index in [2.05, 4.69) is 44.8 Å². The van der Waals surface area contributed by atoms with Crippen LogP contribution in [-0.2, 0) is 4.79 Å². The zero-order chi connectivity index (χ0) is 23.5. The van der Waals surface area contributed by atoms with Crippen LogP contribution in [0.4, 0.5) is 5.69 Å². The van der Waals surface area contributed by atoms with Gasteiger partial charge in [0.25, 0.3) is 0 Å². The summed E-state index contributed by atoms with van der Waals surface area (Å²) in [5.74, 6) is 0.116. The van der Waals surface area contributed by atoms with E-state index in [1.165, 1.54) is 19.3 Å². The molecule has 174 valence electrons. The summed E-state index contributed by atoms with van der Waals surface area (Å²) >= 11 is 11.7. The summed E-state index contributed by atoms with van der Waals surface area (Å²) in [6, 6.07) is 17.5. The van der Waals surface area contributed by atoms with E-state index in [0.717, 1.165) is 35.0 Å². The van der Waals surface area contributed by atoms with Gasteiger partial charge in [-0.05, 0) is 54.9 Å². The van der Waals surface area contributed by atoms with E-state index in [1.807, 2.05) is 42.5 Å². The molecule has 2 aromatic carbocycles. The van der Waals surface area contributed by atoms with Gasteiger partial charge < -0.3 is 15.5 Å². The molecule has 1 saturated carbocycles. The Bertz CT molecular complexity index is 1230. The fourth-order valence-electron chi connectivity index (χ4n) is 4.97. The molecule has 0 spiro atoms. The smallest absolute Gasteiger partial charge is 0.248 e. The molecule has 0 unspecified atom stereocenters. The van der Waals surface area contributed by atoms with Crippen LogP contribution in [-0.4, -0.2) is 39.0 Å². The van der Waals surface area contributed by atoms with Crippen molar-refractivity contribution in [1.82, 2.24) is 15.2 Å². The van der Waals surface area contributed by atoms with Crippen LogP contribution in [0.5, 0.6) is 0 Å². The lowest BCUT2D eigenvalue weighted by molar-refractivity contribution is -0.152. The van der Waals surface area contributed by atoms with Gasteiger partial charge >= 0.3 is 0 Å². The van der Waals surface area contributed by atoms with Gasteiger partial charge in [-0.1, -0.05) is 73.3 Å². The van der Waals surface area contributed by atoms with Crippen LogP contribution >= 0.6 is 23.8 Å². The normalized spacial score (nSPS) is 21.0. The number of fused-ring (bicyclic) bond motifs is 1. The molecule has 1 aliphatic heterocycles. The van der Waals surface area contributed by atoms with Crippen LogP contribution in [0.1, 0.15) is 37.7 Å². The number of halogens is 1. The number of likely N-dealkylation sites (tertiary alicyclic amines) is 1. The Labute approximate surface area is 210 Å². The van der Waals surface area contributed by atoms with Crippen molar-refractivity contribution in [2.45, 2.75) is 50.2 Å². The quantitative estimate of drug-likeness (QED) is 0.349. The van der Waals surface area contributed by atoms with Crippen molar-refractivity contribution in [3.05, 3.63) is 77.5 Å². The standard InChI is InChI=1S/C27H27ClN4OS/c28-19-12-13-21-22(15-16-29-23(21)17-19)30-27(34)31-25-24(14-11-18-7-3-1-4-8-18)32(26(25)33)20-9-5-2-6-10-20/h1,3-4,7-8,11-17,20,24-25H,2,5-6,9-10H2,(H2,29,30,31,34)/b14-11+/t24-,25+/m0/s1. The van der Waals surface area contributed by atoms with Gasteiger partial charge in [-0.2, -0.15) is 0 Å². The van der Waals surface area contributed by atoms with Gasteiger partial charge in [0.05, 0.1) is 17.2 Å². The molecular formula is C27H27ClN4OS. The van der Waals surface area contributed by atoms with Crippen LogP contribution in [0.3, 0.4) is 0 Å². The number of anilines is 1. The fourth-order valence-corrected chi connectivity index (χ4v) is 5.37. The molecule has 5 rings (SSSR count). The summed E-state index contributed by atoms with van der Waals surface area (Å²) in [6.07, 6.45) is 11.7. The molecule has 1 aliphatic carbocycles. The topological polar surface area (TPSA) is 57.3 Å². The first-order chi connectivity index (χ1) is 16.6. The molecule has 34 heavy (non-hydrogen) atoms. The molecule has 1 amide bonds. The van der Waals surface area contributed by atoms with Gasteiger partial charge in [-0.3, -0.25) is 9.78 Å². The molecule has 2 heterocycles. The summed E-state index contributed by atoms with van der Waals surface area (Å²) in [5, 5.41) is 8.50. The first-order valence-electron chi connectivity index (χ1n) is 11.8. The molecule has 1 saturated heterocycles. The fraction of sp³-hybridized carbons (Fsp3) is 0.296. The number of aromatic nitrogens is 1. The number of carbonyl (C=O) groups excluding carboxylic acids is 1. The van der Waals surface area contributed by atoms with Crippen molar-refractivity contribution in [2.24, 2.45) is 0 Å². The largest absolute Gasteiger partial charge is 0.349 e. The van der Waals surface area contributed by atoms with E-state index in [9.17, 15) is 4.79 Å².